The Morgan fingerprint density at radius 3 is 2.34 bits per heavy atom. The van der Waals surface area contributed by atoms with Crippen LogP contribution in [0.4, 0.5) is 20.7 Å². The number of aromatic nitrogens is 1. The molecule has 0 bridgehead atoms. The lowest BCUT2D eigenvalue weighted by molar-refractivity contribution is 0.0588. The number of amides is 1. The summed E-state index contributed by atoms with van der Waals surface area (Å²) < 4.78 is 31.3. The van der Waals surface area contributed by atoms with Gasteiger partial charge in [0.1, 0.15) is 23.0 Å². The van der Waals surface area contributed by atoms with Crippen molar-refractivity contribution < 1.29 is 28.2 Å². The van der Waals surface area contributed by atoms with E-state index < -0.39 is 23.5 Å². The van der Waals surface area contributed by atoms with Crippen molar-refractivity contribution in [2.45, 2.75) is 40.2 Å². The fraction of sp³-hybridized carbons (Fsp3) is 0.296. The van der Waals surface area contributed by atoms with E-state index >= 15 is 4.39 Å². The van der Waals surface area contributed by atoms with Crippen LogP contribution in [0.15, 0.2) is 48.7 Å². The van der Waals surface area contributed by atoms with Gasteiger partial charge in [-0.3, -0.25) is 0 Å². The first-order valence-corrected chi connectivity index (χ1v) is 11.0. The Labute approximate surface area is 204 Å². The molecule has 2 aromatic carbocycles. The molecule has 1 amide bonds. The fourth-order valence-corrected chi connectivity index (χ4v) is 3.73. The molecule has 1 aromatic heterocycles. The molecule has 0 aliphatic heterocycles. The Hall–Kier alpha value is -3.94. The molecule has 0 aliphatic rings. The summed E-state index contributed by atoms with van der Waals surface area (Å²) in [4.78, 5) is 31.2. The predicted octanol–water partition coefficient (Wildman–Crippen LogP) is 6.37. The molecule has 0 radical (unpaired) electrons. The Bertz CT molecular complexity index is 1270. The minimum absolute atomic E-state index is 0.0853. The highest BCUT2D eigenvalue weighted by molar-refractivity contribution is 6.00. The number of nitrogens with zero attached hydrogens (tertiary/aromatic N) is 2. The lowest BCUT2D eigenvalue weighted by Gasteiger charge is -2.29. The number of hydrogen-bond acceptors (Lipinski definition) is 6. The summed E-state index contributed by atoms with van der Waals surface area (Å²) >= 11 is 0. The van der Waals surface area contributed by atoms with E-state index in [2.05, 4.69) is 4.98 Å². The highest BCUT2D eigenvalue weighted by atomic mass is 19.1. The summed E-state index contributed by atoms with van der Waals surface area (Å²) in [5, 5.41) is 0. The molecular formula is C27H29FN2O5. The van der Waals surface area contributed by atoms with Gasteiger partial charge in [-0.2, -0.15) is 0 Å². The predicted molar refractivity (Wildman–Crippen MR) is 132 cm³/mol. The number of halogens is 1. The third-order valence-electron chi connectivity index (χ3n) is 5.24. The molecule has 0 saturated heterocycles. The number of ether oxygens (including phenoxy) is 3. The second-order valence-electron chi connectivity index (χ2n) is 8.94. The van der Waals surface area contributed by atoms with Gasteiger partial charge in [0.15, 0.2) is 0 Å². The lowest BCUT2D eigenvalue weighted by Crippen LogP contribution is -2.35. The lowest BCUT2D eigenvalue weighted by atomic mass is 9.99. The monoisotopic (exact) mass is 480 g/mol. The Morgan fingerprint density at radius 1 is 1.03 bits per heavy atom. The van der Waals surface area contributed by atoms with Crippen molar-refractivity contribution in [3.8, 4) is 16.9 Å². The Kier molecular flexibility index (Phi) is 7.43. The maximum absolute atomic E-state index is 15.3. The van der Waals surface area contributed by atoms with E-state index in [-0.39, 0.29) is 11.5 Å². The Morgan fingerprint density at radius 2 is 1.71 bits per heavy atom. The fourth-order valence-electron chi connectivity index (χ4n) is 3.73. The molecule has 1 heterocycles. The minimum Gasteiger partial charge on any atom is -0.496 e. The van der Waals surface area contributed by atoms with Crippen LogP contribution < -0.4 is 9.64 Å². The van der Waals surface area contributed by atoms with Gasteiger partial charge in [0.05, 0.1) is 25.5 Å². The molecular weight excluding hydrogens is 451 g/mol. The standard InChI is InChI=1S/C27H29FN2O5/c1-16-15-29-24(17(2)23(16)33-6)30(26(32)35-27(3,4)5)22-14-18(12-13-21(22)28)19-10-8-9-11-20(19)25(31)34-7/h8-15H,1-7H3. The van der Waals surface area contributed by atoms with E-state index in [0.29, 0.717) is 28.0 Å². The first kappa shape index (κ1) is 25.7. The van der Waals surface area contributed by atoms with Crippen LogP contribution in [0.1, 0.15) is 42.3 Å². The highest BCUT2D eigenvalue weighted by Crippen LogP contribution is 2.38. The van der Waals surface area contributed by atoms with Crippen LogP contribution in [0, 0.1) is 19.7 Å². The number of rotatable bonds is 5. The minimum atomic E-state index is -0.844. The number of pyridine rings is 1. The molecule has 0 unspecified atom stereocenters. The number of methoxy groups -OCH3 is 2. The molecule has 35 heavy (non-hydrogen) atoms. The summed E-state index contributed by atoms with van der Waals surface area (Å²) in [6.45, 7) is 8.72. The van der Waals surface area contributed by atoms with Crippen molar-refractivity contribution >= 4 is 23.6 Å². The highest BCUT2D eigenvalue weighted by Gasteiger charge is 2.31. The third-order valence-corrected chi connectivity index (χ3v) is 5.24. The molecule has 0 saturated carbocycles. The zero-order chi connectivity index (χ0) is 25.9. The summed E-state index contributed by atoms with van der Waals surface area (Å²) in [6, 6.07) is 11.0. The largest absolute Gasteiger partial charge is 0.496 e. The summed E-state index contributed by atoms with van der Waals surface area (Å²) in [6.07, 6.45) is 0.739. The molecule has 0 N–H and O–H groups in total. The zero-order valence-corrected chi connectivity index (χ0v) is 20.9. The van der Waals surface area contributed by atoms with Gasteiger partial charge < -0.3 is 14.2 Å². The van der Waals surface area contributed by atoms with Gasteiger partial charge in [0, 0.05) is 17.3 Å². The molecule has 0 fully saturated rings. The molecule has 8 heteroatoms. The van der Waals surface area contributed by atoms with Crippen LogP contribution in [0.25, 0.3) is 11.1 Å². The number of aryl methyl sites for hydroxylation is 1. The van der Waals surface area contributed by atoms with Gasteiger partial charge in [-0.25, -0.2) is 23.9 Å². The zero-order valence-electron chi connectivity index (χ0n) is 20.9. The van der Waals surface area contributed by atoms with Crippen LogP contribution in [0.3, 0.4) is 0 Å². The smallest absolute Gasteiger partial charge is 0.420 e. The summed E-state index contributed by atoms with van der Waals surface area (Å²) in [5.74, 6) is -0.512. The summed E-state index contributed by atoms with van der Waals surface area (Å²) in [7, 11) is 2.81. The second-order valence-corrected chi connectivity index (χ2v) is 8.94. The Balaban J connectivity index is 2.26. The maximum atomic E-state index is 15.3. The van der Waals surface area contributed by atoms with E-state index in [0.717, 1.165) is 10.5 Å². The van der Waals surface area contributed by atoms with Crippen LogP contribution in [-0.4, -0.2) is 36.9 Å². The van der Waals surface area contributed by atoms with Crippen molar-refractivity contribution in [3.63, 3.8) is 0 Å². The van der Waals surface area contributed by atoms with Crippen LogP contribution in [-0.2, 0) is 9.47 Å². The molecule has 0 atom stereocenters. The van der Waals surface area contributed by atoms with Gasteiger partial charge in [-0.1, -0.05) is 24.3 Å². The van der Waals surface area contributed by atoms with Crippen molar-refractivity contribution in [3.05, 3.63) is 71.2 Å². The number of carbonyl (C=O) groups excluding carboxylic acids is 2. The molecule has 3 rings (SSSR count). The second kappa shape index (κ2) is 10.1. The quantitative estimate of drug-likeness (QED) is 0.395. The summed E-state index contributed by atoms with van der Waals surface area (Å²) in [5.41, 5.74) is 1.71. The van der Waals surface area contributed by atoms with E-state index in [9.17, 15) is 9.59 Å². The van der Waals surface area contributed by atoms with Crippen LogP contribution in [0.2, 0.25) is 0 Å². The van der Waals surface area contributed by atoms with Gasteiger partial charge in [-0.15, -0.1) is 0 Å². The molecule has 3 aromatic rings. The van der Waals surface area contributed by atoms with E-state index in [1.807, 2.05) is 6.92 Å². The maximum Gasteiger partial charge on any atom is 0.420 e. The van der Waals surface area contributed by atoms with Gasteiger partial charge in [0.25, 0.3) is 0 Å². The van der Waals surface area contributed by atoms with Crippen LogP contribution >= 0.6 is 0 Å². The first-order valence-electron chi connectivity index (χ1n) is 11.0. The van der Waals surface area contributed by atoms with Crippen molar-refractivity contribution in [1.82, 2.24) is 4.98 Å². The van der Waals surface area contributed by atoms with Crippen LogP contribution in [0.5, 0.6) is 5.75 Å². The normalized spacial score (nSPS) is 11.1. The number of carbonyl (C=O) groups is 2. The SMILES string of the molecule is COC(=O)c1ccccc1-c1ccc(F)c(N(C(=O)OC(C)(C)C)c2ncc(C)c(OC)c2C)c1. The van der Waals surface area contributed by atoms with Gasteiger partial charge in [0.2, 0.25) is 0 Å². The third kappa shape index (κ3) is 5.42. The first-order chi connectivity index (χ1) is 16.5. The average molecular weight is 481 g/mol. The van der Waals surface area contributed by atoms with Crippen molar-refractivity contribution in [2.75, 3.05) is 19.1 Å². The number of benzene rings is 2. The molecule has 0 spiro atoms. The van der Waals surface area contributed by atoms with E-state index in [4.69, 9.17) is 14.2 Å². The van der Waals surface area contributed by atoms with E-state index in [1.165, 1.54) is 32.4 Å². The average Bonchev–Trinajstić information content (AvgIpc) is 2.80. The number of hydrogen-bond donors (Lipinski definition) is 0. The number of anilines is 2. The topological polar surface area (TPSA) is 78.0 Å². The van der Waals surface area contributed by atoms with E-state index in [1.54, 1.807) is 58.2 Å². The molecule has 0 aliphatic carbocycles. The van der Waals surface area contributed by atoms with Crippen molar-refractivity contribution in [1.29, 1.82) is 0 Å². The van der Waals surface area contributed by atoms with Gasteiger partial charge in [-0.05, 0) is 63.9 Å². The number of esters is 1. The molecule has 7 nitrogen and oxygen atoms in total. The molecule has 184 valence electrons. The van der Waals surface area contributed by atoms with Crippen molar-refractivity contribution in [2.24, 2.45) is 0 Å². The van der Waals surface area contributed by atoms with Gasteiger partial charge >= 0.3 is 12.1 Å².